The van der Waals surface area contributed by atoms with Gasteiger partial charge in [-0.1, -0.05) is 30.0 Å². The molecule has 1 fully saturated rings. The predicted octanol–water partition coefficient (Wildman–Crippen LogP) is 2.46. The van der Waals surface area contributed by atoms with Crippen LogP contribution in [0, 0.1) is 11.8 Å². The number of hydrogen-bond donors (Lipinski definition) is 0. The Labute approximate surface area is 133 Å². The fourth-order valence-corrected chi connectivity index (χ4v) is 2.64. The summed E-state index contributed by atoms with van der Waals surface area (Å²) in [5, 5.41) is 7.96. The molecule has 1 saturated heterocycles. The highest BCUT2D eigenvalue weighted by Gasteiger charge is 2.15. The number of benzene rings is 2. The van der Waals surface area contributed by atoms with Gasteiger partial charge in [-0.05, 0) is 34.6 Å². The van der Waals surface area contributed by atoms with Gasteiger partial charge in [-0.2, -0.15) is 0 Å². The molecule has 0 atom stereocenters. The molecule has 5 heteroatoms. The van der Waals surface area contributed by atoms with Crippen LogP contribution in [0.1, 0.15) is 11.1 Å². The van der Waals surface area contributed by atoms with Crippen molar-refractivity contribution >= 4 is 16.7 Å². The molecule has 0 N–H and O–H groups in total. The highest BCUT2D eigenvalue weighted by Crippen LogP contribution is 2.24. The van der Waals surface area contributed by atoms with Crippen molar-refractivity contribution in [2.24, 2.45) is 0 Å². The van der Waals surface area contributed by atoms with E-state index in [1.165, 1.54) is 0 Å². The first-order valence-electron chi connectivity index (χ1n) is 7.56. The second kappa shape index (κ2) is 6.11. The number of anilines is 1. The smallest absolute Gasteiger partial charge is 0.150 e. The Balaban J connectivity index is 1.75. The lowest BCUT2D eigenvalue weighted by Gasteiger charge is -2.28. The molecule has 0 amide bonds. The molecule has 0 aliphatic carbocycles. The van der Waals surface area contributed by atoms with Crippen LogP contribution in [0.4, 0.5) is 5.69 Å². The SMILES string of the molecule is C(#Cc1cc(N2CCOCC2)cc2nonc12)c1ccccc1. The number of hydrogen-bond acceptors (Lipinski definition) is 5. The Hall–Kier alpha value is -2.84. The van der Waals surface area contributed by atoms with Crippen LogP contribution in [0.5, 0.6) is 0 Å². The highest BCUT2D eigenvalue weighted by molar-refractivity contribution is 5.85. The van der Waals surface area contributed by atoms with Crippen molar-refractivity contribution in [3.63, 3.8) is 0 Å². The zero-order valence-corrected chi connectivity index (χ0v) is 12.5. The number of rotatable bonds is 1. The summed E-state index contributed by atoms with van der Waals surface area (Å²) in [4.78, 5) is 2.27. The maximum atomic E-state index is 5.41. The molecule has 1 aromatic heterocycles. The van der Waals surface area contributed by atoms with Crippen LogP contribution in [0.25, 0.3) is 11.0 Å². The lowest BCUT2D eigenvalue weighted by Crippen LogP contribution is -2.36. The lowest BCUT2D eigenvalue weighted by atomic mass is 10.1. The van der Waals surface area contributed by atoms with E-state index in [9.17, 15) is 0 Å². The summed E-state index contributed by atoms with van der Waals surface area (Å²) in [6.07, 6.45) is 0. The number of fused-ring (bicyclic) bond motifs is 1. The molecule has 1 aliphatic heterocycles. The molecule has 3 aromatic rings. The van der Waals surface area contributed by atoms with Gasteiger partial charge < -0.3 is 9.64 Å². The van der Waals surface area contributed by atoms with E-state index in [-0.39, 0.29) is 0 Å². The molecule has 0 unspecified atom stereocenters. The van der Waals surface area contributed by atoms with Crippen LogP contribution in [0.15, 0.2) is 47.1 Å². The van der Waals surface area contributed by atoms with Crippen molar-refractivity contribution in [2.45, 2.75) is 0 Å². The molecule has 5 nitrogen and oxygen atoms in total. The summed E-state index contributed by atoms with van der Waals surface area (Å²) >= 11 is 0. The van der Waals surface area contributed by atoms with Crippen LogP contribution in [-0.4, -0.2) is 36.6 Å². The van der Waals surface area contributed by atoms with E-state index in [0.29, 0.717) is 5.52 Å². The van der Waals surface area contributed by atoms with E-state index >= 15 is 0 Å². The third kappa shape index (κ3) is 2.89. The Morgan fingerprint density at radius 2 is 1.78 bits per heavy atom. The van der Waals surface area contributed by atoms with Gasteiger partial charge in [0.05, 0.1) is 18.8 Å². The van der Waals surface area contributed by atoms with Crippen molar-refractivity contribution in [3.05, 3.63) is 53.6 Å². The second-order valence-corrected chi connectivity index (χ2v) is 5.34. The fourth-order valence-electron chi connectivity index (χ4n) is 2.64. The standard InChI is InChI=1S/C18H15N3O2/c1-2-4-14(5-3-1)6-7-15-12-16(21-8-10-22-11-9-21)13-17-18(15)20-23-19-17/h1-5,12-13H,8-11H2. The minimum Gasteiger partial charge on any atom is -0.378 e. The number of aromatic nitrogens is 2. The first-order valence-corrected chi connectivity index (χ1v) is 7.56. The third-order valence-corrected chi connectivity index (χ3v) is 3.84. The van der Waals surface area contributed by atoms with E-state index in [0.717, 1.165) is 48.6 Å². The molecular weight excluding hydrogens is 290 g/mol. The summed E-state index contributed by atoms with van der Waals surface area (Å²) in [5.41, 5.74) is 4.30. The molecular formula is C18H15N3O2. The minimum absolute atomic E-state index is 0.699. The van der Waals surface area contributed by atoms with Crippen molar-refractivity contribution in [1.29, 1.82) is 0 Å². The molecule has 23 heavy (non-hydrogen) atoms. The van der Waals surface area contributed by atoms with Crippen molar-refractivity contribution < 1.29 is 9.37 Å². The van der Waals surface area contributed by atoms with E-state index in [1.807, 2.05) is 42.5 Å². The molecule has 114 valence electrons. The maximum Gasteiger partial charge on any atom is 0.150 e. The Bertz CT molecular complexity index is 871. The van der Waals surface area contributed by atoms with E-state index < -0.39 is 0 Å². The average molecular weight is 305 g/mol. The molecule has 4 rings (SSSR count). The zero-order valence-electron chi connectivity index (χ0n) is 12.5. The summed E-state index contributed by atoms with van der Waals surface area (Å²) in [5.74, 6) is 6.37. The van der Waals surface area contributed by atoms with Gasteiger partial charge in [0.15, 0.2) is 5.52 Å². The molecule has 1 aliphatic rings. The molecule has 2 aromatic carbocycles. The van der Waals surface area contributed by atoms with E-state index in [2.05, 4.69) is 27.1 Å². The number of ether oxygens (including phenoxy) is 1. The summed E-state index contributed by atoms with van der Waals surface area (Å²) in [7, 11) is 0. The van der Waals surface area contributed by atoms with Crippen LogP contribution in [0.2, 0.25) is 0 Å². The van der Waals surface area contributed by atoms with Gasteiger partial charge in [0.25, 0.3) is 0 Å². The molecule has 0 spiro atoms. The van der Waals surface area contributed by atoms with Gasteiger partial charge in [-0.15, -0.1) is 0 Å². The largest absolute Gasteiger partial charge is 0.378 e. The number of morpholine rings is 1. The summed E-state index contributed by atoms with van der Waals surface area (Å²) in [6.45, 7) is 3.20. The lowest BCUT2D eigenvalue weighted by molar-refractivity contribution is 0.122. The van der Waals surface area contributed by atoms with Gasteiger partial charge in [-0.3, -0.25) is 0 Å². The molecule has 0 saturated carbocycles. The second-order valence-electron chi connectivity index (χ2n) is 5.34. The summed E-state index contributed by atoms with van der Waals surface area (Å²) < 4.78 is 10.3. The topological polar surface area (TPSA) is 51.4 Å². The summed E-state index contributed by atoms with van der Waals surface area (Å²) in [6, 6.07) is 13.9. The normalized spacial score (nSPS) is 14.5. The van der Waals surface area contributed by atoms with Gasteiger partial charge in [-0.25, -0.2) is 4.63 Å². The maximum absolute atomic E-state index is 5.41. The van der Waals surface area contributed by atoms with Gasteiger partial charge in [0, 0.05) is 24.3 Å². The Kier molecular flexibility index (Phi) is 3.66. The Morgan fingerprint density at radius 3 is 2.61 bits per heavy atom. The Morgan fingerprint density at radius 1 is 0.957 bits per heavy atom. The average Bonchev–Trinajstić information content (AvgIpc) is 3.10. The first kappa shape index (κ1) is 13.8. The van der Waals surface area contributed by atoms with Crippen LogP contribution in [-0.2, 0) is 4.74 Å². The molecule has 0 radical (unpaired) electrons. The molecule has 0 bridgehead atoms. The quantitative estimate of drug-likeness (QED) is 0.646. The predicted molar refractivity (Wildman–Crippen MR) is 87.3 cm³/mol. The van der Waals surface area contributed by atoms with Gasteiger partial charge >= 0.3 is 0 Å². The monoisotopic (exact) mass is 305 g/mol. The molecule has 2 heterocycles. The number of nitrogens with zero attached hydrogens (tertiary/aromatic N) is 3. The van der Waals surface area contributed by atoms with E-state index in [1.54, 1.807) is 0 Å². The zero-order chi connectivity index (χ0) is 15.5. The van der Waals surface area contributed by atoms with Crippen LogP contribution in [0.3, 0.4) is 0 Å². The van der Waals surface area contributed by atoms with Gasteiger partial charge in [0.1, 0.15) is 5.52 Å². The van der Waals surface area contributed by atoms with Crippen molar-refractivity contribution in [1.82, 2.24) is 10.3 Å². The van der Waals surface area contributed by atoms with Crippen LogP contribution >= 0.6 is 0 Å². The van der Waals surface area contributed by atoms with Gasteiger partial charge in [0.2, 0.25) is 0 Å². The highest BCUT2D eigenvalue weighted by atomic mass is 16.6. The fraction of sp³-hybridized carbons (Fsp3) is 0.222. The third-order valence-electron chi connectivity index (χ3n) is 3.84. The van der Waals surface area contributed by atoms with Crippen LogP contribution < -0.4 is 4.90 Å². The van der Waals surface area contributed by atoms with Crippen molar-refractivity contribution in [2.75, 3.05) is 31.2 Å². The van der Waals surface area contributed by atoms with E-state index in [4.69, 9.17) is 9.37 Å². The minimum atomic E-state index is 0.699. The first-order chi connectivity index (χ1) is 11.4. The van der Waals surface area contributed by atoms with Crippen molar-refractivity contribution in [3.8, 4) is 11.8 Å².